The van der Waals surface area contributed by atoms with Gasteiger partial charge in [0.15, 0.2) is 0 Å². The van der Waals surface area contributed by atoms with Gasteiger partial charge in [0, 0.05) is 0 Å². The maximum atomic E-state index is 5.32. The summed E-state index contributed by atoms with van der Waals surface area (Å²) in [6.45, 7) is 1.92. The van der Waals surface area contributed by atoms with Crippen LogP contribution in [0.2, 0.25) is 0 Å². The first kappa shape index (κ1) is 8.63. The number of hydrogen-bond acceptors (Lipinski definition) is 0. The van der Waals surface area contributed by atoms with E-state index in [-0.39, 0.29) is 4.90 Å². The molecule has 0 bridgehead atoms. The first-order valence-electron chi connectivity index (χ1n) is 1.96. The summed E-state index contributed by atoms with van der Waals surface area (Å²) in [6.07, 6.45) is 10.6. The fourth-order valence-corrected chi connectivity index (χ4v) is 0.881. The molecule has 0 aromatic carbocycles. The van der Waals surface area contributed by atoms with Crippen LogP contribution >= 0.6 is 24.8 Å². The molecule has 3 heteroatoms. The summed E-state index contributed by atoms with van der Waals surface area (Å²) in [4.78, 5) is -0.211. The van der Waals surface area contributed by atoms with E-state index in [1.807, 2.05) is 6.92 Å². The zero-order chi connectivity index (χ0) is 6.62. The molecule has 8 heavy (non-hydrogen) atoms. The quantitative estimate of drug-likeness (QED) is 0.476. The topological polar surface area (TPSA) is 0 Å². The monoisotopic (exact) mass is 159 g/mol. The Labute approximate surface area is 55.1 Å². The van der Waals surface area contributed by atoms with Crippen LogP contribution in [0.25, 0.3) is 0 Å². The van der Waals surface area contributed by atoms with Crippen molar-refractivity contribution in [3.63, 3.8) is 0 Å². The standard InChI is InChI=1S/C5H5P3/c1-5(4-6,7-2)8-3/h2-3H,1H3/q+2/p+1. The summed E-state index contributed by atoms with van der Waals surface area (Å²) in [6, 6.07) is 0. The van der Waals surface area contributed by atoms with Crippen molar-refractivity contribution in [1.29, 1.82) is 0 Å². The van der Waals surface area contributed by atoms with Crippen molar-refractivity contribution in [1.82, 2.24) is 0 Å². The van der Waals surface area contributed by atoms with E-state index >= 15 is 0 Å². The molecule has 0 heterocycles. The average Bonchev–Trinajstić information content (AvgIpc) is 1.87. The normalized spacial score (nSPS) is 15.2. The van der Waals surface area contributed by atoms with E-state index in [1.54, 1.807) is 0 Å². The van der Waals surface area contributed by atoms with Gasteiger partial charge in [0.2, 0.25) is 0 Å². The molecule has 0 amide bonds. The maximum absolute atomic E-state index is 5.32. The zero-order valence-corrected chi connectivity index (χ0v) is 7.34. The van der Waals surface area contributed by atoms with Crippen molar-refractivity contribution in [2.45, 2.75) is 11.8 Å². The molecule has 0 aromatic heterocycles. The fourth-order valence-electron chi connectivity index (χ4n) is 0.0979. The van der Waals surface area contributed by atoms with Gasteiger partial charge in [-0.15, -0.1) is 0 Å². The molecule has 0 radical (unpaired) electrons. The Hall–Kier alpha value is 0.630. The van der Waals surface area contributed by atoms with Crippen LogP contribution in [0.4, 0.5) is 0 Å². The van der Waals surface area contributed by atoms with E-state index in [9.17, 15) is 0 Å². The summed E-state index contributed by atoms with van der Waals surface area (Å²) < 4.78 is 0. The van der Waals surface area contributed by atoms with E-state index in [0.29, 0.717) is 0 Å². The molecule has 0 atom stereocenters. The molecule has 0 saturated carbocycles. The van der Waals surface area contributed by atoms with E-state index in [4.69, 9.17) is 12.3 Å². The summed E-state index contributed by atoms with van der Waals surface area (Å²) in [7, 11) is 4.59. The molecule has 38 valence electrons. The van der Waals surface area contributed by atoms with Crippen molar-refractivity contribution >= 4 is 24.8 Å². The van der Waals surface area contributed by atoms with Gasteiger partial charge in [-0.1, -0.05) is 0 Å². The number of hydrogen-bond donors (Lipinski definition) is 0. The van der Waals surface area contributed by atoms with Gasteiger partial charge >= 0.3 is 54.5 Å². The minimum atomic E-state index is -0.211. The van der Waals surface area contributed by atoms with Gasteiger partial charge in [0.1, 0.15) is 0 Å². The Morgan fingerprint density at radius 1 is 1.50 bits per heavy atom. The first-order chi connectivity index (χ1) is 3.68. The molecule has 0 rings (SSSR count). The molecular weight excluding hydrogens is 153 g/mol. The van der Waals surface area contributed by atoms with Gasteiger partial charge < -0.3 is 0 Å². The van der Waals surface area contributed by atoms with Gasteiger partial charge in [-0.3, -0.25) is 0 Å². The second-order valence-electron chi connectivity index (χ2n) is 1.40. The molecule has 0 aliphatic carbocycles. The van der Waals surface area contributed by atoms with Crippen molar-refractivity contribution in [3.05, 3.63) is 0 Å². The number of rotatable bonds is 0. The van der Waals surface area contributed by atoms with Crippen LogP contribution in [0.1, 0.15) is 6.92 Å². The summed E-state index contributed by atoms with van der Waals surface area (Å²) in [5.74, 6) is 0. The molecule has 0 fully saturated rings. The Morgan fingerprint density at radius 2 is 1.88 bits per heavy atom. The van der Waals surface area contributed by atoms with Gasteiger partial charge in [-0.25, -0.2) is 0 Å². The van der Waals surface area contributed by atoms with Crippen molar-refractivity contribution in [2.24, 2.45) is 0 Å². The van der Waals surface area contributed by atoms with E-state index in [1.165, 1.54) is 0 Å². The van der Waals surface area contributed by atoms with Gasteiger partial charge in [0.25, 0.3) is 0 Å². The van der Waals surface area contributed by atoms with Crippen LogP contribution in [0, 0.1) is 17.9 Å². The Balaban J connectivity index is 4.42. The molecule has 0 unspecified atom stereocenters. The van der Waals surface area contributed by atoms with Gasteiger partial charge in [-0.05, 0) is 0 Å². The van der Waals surface area contributed by atoms with Crippen molar-refractivity contribution in [3.8, 4) is 17.9 Å². The minimum absolute atomic E-state index is 0.211. The van der Waals surface area contributed by atoms with E-state index in [0.717, 1.165) is 16.1 Å². The van der Waals surface area contributed by atoms with Crippen LogP contribution in [-0.2, 0) is 0 Å². The average molecular weight is 159 g/mol. The van der Waals surface area contributed by atoms with Crippen LogP contribution in [0.3, 0.4) is 0 Å². The van der Waals surface area contributed by atoms with Crippen molar-refractivity contribution < 1.29 is 0 Å². The molecule has 0 N–H and O–H groups in total. The predicted octanol–water partition coefficient (Wildman–Crippen LogP) is 2.88. The fraction of sp³-hybridized carbons (Fsp3) is 0.400. The van der Waals surface area contributed by atoms with Crippen LogP contribution in [0.5, 0.6) is 0 Å². The molecule has 0 spiro atoms. The molecular formula is C5H6P3+3. The Bertz CT molecular complexity index is 161. The summed E-state index contributed by atoms with van der Waals surface area (Å²) in [5, 5.41) is 0. The van der Waals surface area contributed by atoms with E-state index < -0.39 is 0 Å². The zero-order valence-electron chi connectivity index (χ0n) is 4.55. The molecule has 0 nitrogen and oxygen atoms in total. The SMILES string of the molecule is C#[P+]C(C)(C#[PH+])[P+]#C. The Kier molecular flexibility index (Phi) is 3.90. The molecule has 0 saturated heterocycles. The van der Waals surface area contributed by atoms with Gasteiger partial charge in [0.05, 0.1) is 0 Å². The second kappa shape index (κ2) is 3.62. The van der Waals surface area contributed by atoms with Crippen LogP contribution < -0.4 is 0 Å². The third-order valence-electron chi connectivity index (χ3n) is 0.740. The van der Waals surface area contributed by atoms with Crippen molar-refractivity contribution in [2.75, 3.05) is 0 Å². The molecule has 0 aromatic rings. The Morgan fingerprint density at radius 3 is 1.88 bits per heavy atom. The third kappa shape index (κ3) is 2.27. The van der Waals surface area contributed by atoms with Crippen LogP contribution in [-0.4, -0.2) is 4.90 Å². The first-order valence-corrected chi connectivity index (χ1v) is 4.39. The van der Waals surface area contributed by atoms with Crippen LogP contribution in [0.15, 0.2) is 0 Å². The third-order valence-corrected chi connectivity index (χ3v) is 3.58. The molecule has 0 aliphatic rings. The molecule has 0 aliphatic heterocycles. The summed E-state index contributed by atoms with van der Waals surface area (Å²) in [5.41, 5.74) is 2.81. The van der Waals surface area contributed by atoms with Gasteiger partial charge in [-0.2, -0.15) is 0 Å². The predicted molar refractivity (Wildman–Crippen MR) is 44.3 cm³/mol. The van der Waals surface area contributed by atoms with E-state index in [2.05, 4.69) is 14.3 Å². The second-order valence-corrected chi connectivity index (χ2v) is 4.31. The summed E-state index contributed by atoms with van der Waals surface area (Å²) >= 11 is 0.